The summed E-state index contributed by atoms with van der Waals surface area (Å²) in [6, 6.07) is 36.6. The monoisotopic (exact) mass is 651 g/mol. The molecular weight excluding hydrogens is 614 g/mol. The van der Waals surface area contributed by atoms with E-state index < -0.39 is 0 Å². The van der Waals surface area contributed by atoms with E-state index in [0.29, 0.717) is 59.0 Å². The Hall–Kier alpha value is -6.02. The van der Waals surface area contributed by atoms with Crippen molar-refractivity contribution in [3.63, 3.8) is 0 Å². The van der Waals surface area contributed by atoms with E-state index in [4.69, 9.17) is 4.74 Å². The van der Waals surface area contributed by atoms with Gasteiger partial charge in [0.15, 0.2) is 0 Å². The van der Waals surface area contributed by atoms with E-state index in [-0.39, 0.29) is 23.6 Å². The smallest absolute Gasteiger partial charge is 0.261 e. The summed E-state index contributed by atoms with van der Waals surface area (Å²) in [5.74, 6) is -0.355. The maximum absolute atomic E-state index is 13.5. The van der Waals surface area contributed by atoms with Crippen LogP contribution in [0.2, 0.25) is 0 Å². The number of para-hydroxylation sites is 2. The fourth-order valence-corrected chi connectivity index (χ4v) is 5.89. The van der Waals surface area contributed by atoms with Crippen molar-refractivity contribution in [2.24, 2.45) is 0 Å². The second-order valence-electron chi connectivity index (χ2n) is 12.0. The van der Waals surface area contributed by atoms with E-state index in [2.05, 4.69) is 5.32 Å². The Labute approximate surface area is 285 Å². The molecule has 0 fully saturated rings. The average Bonchev–Trinajstić information content (AvgIpc) is 3.38. The van der Waals surface area contributed by atoms with Gasteiger partial charge in [0.25, 0.3) is 23.6 Å². The molecule has 5 aromatic rings. The van der Waals surface area contributed by atoms with E-state index in [9.17, 15) is 19.2 Å². The number of imide groups is 1. The van der Waals surface area contributed by atoms with E-state index in [0.717, 1.165) is 29.5 Å². The molecule has 4 amide bonds. The quantitative estimate of drug-likeness (QED) is 0.109. The Balaban J connectivity index is 1.01. The molecule has 0 spiro atoms. The van der Waals surface area contributed by atoms with Crippen LogP contribution in [0.1, 0.15) is 66.3 Å². The van der Waals surface area contributed by atoms with Gasteiger partial charge in [-0.2, -0.15) is 0 Å². The number of nitrogens with one attached hydrogen (secondary N) is 1. The predicted molar refractivity (Wildman–Crippen MR) is 191 cm³/mol. The van der Waals surface area contributed by atoms with Crippen molar-refractivity contribution < 1.29 is 23.9 Å². The zero-order valence-corrected chi connectivity index (χ0v) is 27.5. The van der Waals surface area contributed by atoms with Crippen LogP contribution in [0, 0.1) is 6.92 Å². The first-order valence-corrected chi connectivity index (χ1v) is 16.3. The van der Waals surface area contributed by atoms with Gasteiger partial charge in [-0.1, -0.05) is 72.3 Å². The number of benzene rings is 5. The van der Waals surface area contributed by atoms with Gasteiger partial charge in [0.2, 0.25) is 0 Å². The molecule has 0 unspecified atom stereocenters. The first-order valence-electron chi connectivity index (χ1n) is 16.3. The highest BCUT2D eigenvalue weighted by Crippen LogP contribution is 2.30. The molecule has 0 saturated heterocycles. The van der Waals surface area contributed by atoms with Gasteiger partial charge in [0, 0.05) is 30.4 Å². The van der Waals surface area contributed by atoms with Crippen molar-refractivity contribution >= 4 is 35.0 Å². The molecule has 1 aliphatic rings. The Bertz CT molecular complexity index is 1970. The summed E-state index contributed by atoms with van der Waals surface area (Å²) in [5.41, 5.74) is 6.11. The minimum Gasteiger partial charge on any atom is -0.491 e. The number of carbonyl (C=O) groups is 4. The maximum atomic E-state index is 13.5. The van der Waals surface area contributed by atoms with Crippen LogP contribution < -0.4 is 15.0 Å². The van der Waals surface area contributed by atoms with Gasteiger partial charge in [-0.05, 0) is 91.9 Å². The van der Waals surface area contributed by atoms with E-state index in [1.165, 1.54) is 4.90 Å². The number of anilines is 2. The largest absolute Gasteiger partial charge is 0.491 e. The van der Waals surface area contributed by atoms with Gasteiger partial charge in [-0.25, -0.2) is 0 Å². The van der Waals surface area contributed by atoms with Crippen LogP contribution in [-0.4, -0.2) is 48.7 Å². The van der Waals surface area contributed by atoms with Gasteiger partial charge >= 0.3 is 0 Å². The summed E-state index contributed by atoms with van der Waals surface area (Å²) in [6.45, 7) is 2.81. The van der Waals surface area contributed by atoms with Crippen LogP contribution in [0.15, 0.2) is 121 Å². The lowest BCUT2D eigenvalue weighted by atomic mass is 9.98. The molecule has 0 aliphatic carbocycles. The topological polar surface area (TPSA) is 96.0 Å². The second-order valence-corrected chi connectivity index (χ2v) is 12.0. The summed E-state index contributed by atoms with van der Waals surface area (Å²) in [4.78, 5) is 54.8. The van der Waals surface area contributed by atoms with Crippen LogP contribution in [-0.2, 0) is 0 Å². The summed E-state index contributed by atoms with van der Waals surface area (Å²) < 4.78 is 6.07. The summed E-state index contributed by atoms with van der Waals surface area (Å²) in [7, 11) is 1.70. The second kappa shape index (κ2) is 14.8. The molecule has 8 heteroatoms. The Morgan fingerprint density at radius 2 is 1.31 bits per heavy atom. The van der Waals surface area contributed by atoms with Crippen LogP contribution in [0.5, 0.6) is 5.75 Å². The van der Waals surface area contributed by atoms with E-state index >= 15 is 0 Å². The third-order valence-corrected chi connectivity index (χ3v) is 8.62. The van der Waals surface area contributed by atoms with Crippen molar-refractivity contribution in [1.82, 2.24) is 4.90 Å². The van der Waals surface area contributed by atoms with Crippen molar-refractivity contribution in [2.45, 2.75) is 26.2 Å². The third-order valence-electron chi connectivity index (χ3n) is 8.62. The molecular formula is C41H37N3O5. The maximum Gasteiger partial charge on any atom is 0.261 e. The van der Waals surface area contributed by atoms with Crippen LogP contribution >= 0.6 is 0 Å². The molecule has 49 heavy (non-hydrogen) atoms. The van der Waals surface area contributed by atoms with Gasteiger partial charge in [-0.3, -0.25) is 24.1 Å². The van der Waals surface area contributed by atoms with Crippen LogP contribution in [0.4, 0.5) is 11.4 Å². The highest BCUT2D eigenvalue weighted by Gasteiger charge is 2.34. The zero-order chi connectivity index (χ0) is 34.3. The molecule has 246 valence electrons. The van der Waals surface area contributed by atoms with Gasteiger partial charge < -0.3 is 15.0 Å². The lowest BCUT2D eigenvalue weighted by Gasteiger charge is -2.21. The minimum atomic E-state index is -0.238. The molecule has 0 radical (unpaired) electrons. The van der Waals surface area contributed by atoms with Crippen molar-refractivity contribution in [3.05, 3.63) is 149 Å². The summed E-state index contributed by atoms with van der Waals surface area (Å²) in [6.07, 6.45) is 2.16. The molecule has 6 rings (SSSR count). The number of amides is 4. The Morgan fingerprint density at radius 1 is 0.694 bits per heavy atom. The number of unbranched alkanes of at least 4 members (excludes halogenated alkanes) is 2. The molecule has 0 saturated carbocycles. The van der Waals surface area contributed by atoms with Gasteiger partial charge in [-0.15, -0.1) is 0 Å². The molecule has 0 aromatic heterocycles. The molecule has 1 aliphatic heterocycles. The number of aryl methyl sites for hydroxylation is 1. The summed E-state index contributed by atoms with van der Waals surface area (Å²) in [5, 5.41) is 2.96. The highest BCUT2D eigenvalue weighted by molar-refractivity contribution is 6.21. The number of nitrogens with zero attached hydrogens (tertiary/aromatic N) is 2. The van der Waals surface area contributed by atoms with Crippen LogP contribution in [0.25, 0.3) is 11.1 Å². The molecule has 1 N–H and O–H groups in total. The standard InChI is InChI=1S/C41H37N3O5/c1-28-18-20-29(21-19-28)32-12-4-5-13-33(32)38(45)42-31-24-22-30(23-25-31)39(46)43(2)36-16-8-9-17-37(36)49-27-11-3-10-26-44-40(47)34-14-6-7-15-35(34)41(44)48/h4-9,12-25H,3,10-11,26-27H2,1-2H3,(H,42,45). The fraction of sp³-hybridized carbons (Fsp3) is 0.171. The number of carbonyl (C=O) groups excluding carboxylic acids is 4. The molecule has 5 aromatic carbocycles. The van der Waals surface area contributed by atoms with Gasteiger partial charge in [0.1, 0.15) is 5.75 Å². The first-order chi connectivity index (χ1) is 23.8. The number of ether oxygens (including phenoxy) is 1. The molecule has 1 heterocycles. The van der Waals surface area contributed by atoms with Crippen molar-refractivity contribution in [3.8, 4) is 16.9 Å². The number of rotatable bonds is 12. The highest BCUT2D eigenvalue weighted by atomic mass is 16.5. The van der Waals surface area contributed by atoms with Crippen molar-refractivity contribution in [2.75, 3.05) is 30.4 Å². The number of hydrogen-bond donors (Lipinski definition) is 1. The molecule has 0 atom stereocenters. The van der Waals surface area contributed by atoms with Crippen LogP contribution in [0.3, 0.4) is 0 Å². The SMILES string of the molecule is Cc1ccc(-c2ccccc2C(=O)Nc2ccc(C(=O)N(C)c3ccccc3OCCCCCN3C(=O)c4ccccc4C3=O)cc2)cc1. The number of fused-ring (bicyclic) bond motifs is 1. The van der Waals surface area contributed by atoms with Crippen molar-refractivity contribution in [1.29, 1.82) is 0 Å². The predicted octanol–water partition coefficient (Wildman–Crippen LogP) is 8.04. The lowest BCUT2D eigenvalue weighted by Crippen LogP contribution is -2.30. The Kier molecular flexibility index (Phi) is 9.95. The van der Waals surface area contributed by atoms with E-state index in [1.807, 2.05) is 73.7 Å². The first kappa shape index (κ1) is 32.9. The number of hydrogen-bond acceptors (Lipinski definition) is 5. The van der Waals surface area contributed by atoms with Gasteiger partial charge in [0.05, 0.1) is 23.4 Å². The Morgan fingerprint density at radius 3 is 2.00 bits per heavy atom. The lowest BCUT2D eigenvalue weighted by molar-refractivity contribution is 0.0650. The average molecular weight is 652 g/mol. The van der Waals surface area contributed by atoms with E-state index in [1.54, 1.807) is 66.5 Å². The molecule has 0 bridgehead atoms. The molecule has 8 nitrogen and oxygen atoms in total. The summed E-state index contributed by atoms with van der Waals surface area (Å²) >= 11 is 0. The zero-order valence-electron chi connectivity index (χ0n) is 27.5. The third kappa shape index (κ3) is 7.28. The minimum absolute atomic E-state index is 0.223. The normalized spacial score (nSPS) is 12.1. The fourth-order valence-electron chi connectivity index (χ4n) is 5.89.